The van der Waals surface area contributed by atoms with E-state index in [4.69, 9.17) is 14.2 Å². The molecule has 1 fully saturated rings. The zero-order valence-electron chi connectivity index (χ0n) is 27.6. The van der Waals surface area contributed by atoms with Crippen LogP contribution >= 0.6 is 11.8 Å². The molecule has 258 valence electrons. The van der Waals surface area contributed by atoms with Crippen molar-refractivity contribution in [3.63, 3.8) is 0 Å². The van der Waals surface area contributed by atoms with Crippen LogP contribution in [0, 0.1) is 5.92 Å². The van der Waals surface area contributed by atoms with Gasteiger partial charge in [-0.1, -0.05) is 104 Å². The van der Waals surface area contributed by atoms with Crippen LogP contribution in [0.2, 0.25) is 0 Å². The van der Waals surface area contributed by atoms with Gasteiger partial charge in [-0.05, 0) is 51.4 Å². The van der Waals surface area contributed by atoms with Crippen LogP contribution in [-0.4, -0.2) is 62.3 Å². The number of nitrogens with zero attached hydrogens (tertiary/aromatic N) is 4. The third-order valence-electron chi connectivity index (χ3n) is 8.46. The SMILES string of the molecule is COC(=O)C(Cc1ccccc1)NC(=O)Nc1ccc(C2OC(CSc3nnnn3-c3ccccc3)C(C)C(c3ccc(CO)cc3)O2)cc1. The molecule has 4 aromatic carbocycles. The van der Waals surface area contributed by atoms with Crippen molar-refractivity contribution >= 4 is 29.4 Å². The molecule has 0 spiro atoms. The number of aliphatic hydroxyl groups is 1. The molecule has 1 aliphatic rings. The van der Waals surface area contributed by atoms with E-state index in [0.29, 0.717) is 23.0 Å². The number of methoxy groups -OCH3 is 1. The molecular weight excluding hydrogens is 657 g/mol. The summed E-state index contributed by atoms with van der Waals surface area (Å²) in [6, 6.07) is 32.6. The van der Waals surface area contributed by atoms with E-state index in [1.807, 2.05) is 97.1 Å². The molecule has 5 unspecified atom stereocenters. The monoisotopic (exact) mass is 694 g/mol. The molecule has 1 saturated heterocycles. The second kappa shape index (κ2) is 16.5. The van der Waals surface area contributed by atoms with Crippen molar-refractivity contribution in [2.75, 3.05) is 18.2 Å². The molecule has 5 atom stereocenters. The van der Waals surface area contributed by atoms with Gasteiger partial charge in [-0.15, -0.1) is 5.10 Å². The highest BCUT2D eigenvalue weighted by atomic mass is 32.2. The van der Waals surface area contributed by atoms with Gasteiger partial charge in [-0.3, -0.25) is 0 Å². The van der Waals surface area contributed by atoms with Crippen molar-refractivity contribution in [3.05, 3.63) is 131 Å². The molecule has 3 N–H and O–H groups in total. The van der Waals surface area contributed by atoms with E-state index < -0.39 is 24.3 Å². The number of rotatable bonds is 12. The fraction of sp³-hybridized carbons (Fsp3) is 0.270. The lowest BCUT2D eigenvalue weighted by molar-refractivity contribution is -0.268. The molecule has 5 aromatic rings. The number of hydrogen-bond donors (Lipinski definition) is 3. The first kappa shape index (κ1) is 34.8. The lowest BCUT2D eigenvalue weighted by atomic mass is 9.91. The zero-order chi connectivity index (χ0) is 34.9. The number of carbonyl (C=O) groups excluding carboxylic acids is 2. The van der Waals surface area contributed by atoms with Gasteiger partial charge in [-0.25, -0.2) is 9.59 Å². The number of para-hydroxylation sites is 1. The highest BCUT2D eigenvalue weighted by Gasteiger charge is 2.38. The number of thioether (sulfide) groups is 1. The molecule has 1 aliphatic heterocycles. The van der Waals surface area contributed by atoms with Crippen LogP contribution in [0.3, 0.4) is 0 Å². The number of carbonyl (C=O) groups is 2. The predicted molar refractivity (Wildman–Crippen MR) is 187 cm³/mol. The van der Waals surface area contributed by atoms with Gasteiger partial charge in [0.05, 0.1) is 31.6 Å². The minimum Gasteiger partial charge on any atom is -0.467 e. The summed E-state index contributed by atoms with van der Waals surface area (Å²) in [5.41, 5.74) is 4.83. The van der Waals surface area contributed by atoms with Crippen LogP contribution < -0.4 is 10.6 Å². The first-order chi connectivity index (χ1) is 24.4. The van der Waals surface area contributed by atoms with Gasteiger partial charge in [0.1, 0.15) is 6.04 Å². The minimum atomic E-state index is -0.858. The number of anilines is 1. The second-order valence-corrected chi connectivity index (χ2v) is 12.8. The maximum Gasteiger partial charge on any atom is 0.328 e. The molecule has 2 amide bonds. The molecule has 1 aromatic heterocycles. The van der Waals surface area contributed by atoms with Crippen LogP contribution in [0.25, 0.3) is 5.69 Å². The number of hydrogen-bond acceptors (Lipinski definition) is 10. The van der Waals surface area contributed by atoms with Crippen molar-refractivity contribution in [2.24, 2.45) is 5.92 Å². The first-order valence-electron chi connectivity index (χ1n) is 16.2. The summed E-state index contributed by atoms with van der Waals surface area (Å²) in [6.45, 7) is 2.05. The number of benzene rings is 4. The molecule has 0 radical (unpaired) electrons. The van der Waals surface area contributed by atoms with Crippen LogP contribution in [0.1, 0.15) is 41.6 Å². The average molecular weight is 695 g/mol. The Morgan fingerprint density at radius 2 is 1.58 bits per heavy atom. The molecule has 13 heteroatoms. The summed E-state index contributed by atoms with van der Waals surface area (Å²) < 4.78 is 19.8. The van der Waals surface area contributed by atoms with Crippen LogP contribution in [0.4, 0.5) is 10.5 Å². The number of urea groups is 1. The number of nitrogens with one attached hydrogen (secondary N) is 2. The fourth-order valence-electron chi connectivity index (χ4n) is 5.70. The summed E-state index contributed by atoms with van der Waals surface area (Å²) in [4.78, 5) is 25.3. The summed E-state index contributed by atoms with van der Waals surface area (Å²) in [7, 11) is 1.29. The van der Waals surface area contributed by atoms with Crippen molar-refractivity contribution in [2.45, 2.75) is 49.6 Å². The molecule has 6 rings (SSSR count). The van der Waals surface area contributed by atoms with E-state index in [2.05, 4.69) is 33.1 Å². The van der Waals surface area contributed by atoms with Gasteiger partial charge in [0.2, 0.25) is 5.16 Å². The lowest BCUT2D eigenvalue weighted by Gasteiger charge is -2.41. The Hall–Kier alpha value is -5.08. The number of aromatic nitrogens is 4. The maximum atomic E-state index is 12.9. The van der Waals surface area contributed by atoms with Crippen molar-refractivity contribution in [1.82, 2.24) is 25.5 Å². The Morgan fingerprint density at radius 3 is 2.26 bits per heavy atom. The topological polar surface area (TPSA) is 150 Å². The standard InChI is InChI=1S/C37H38N6O6S/c1-24-32(23-50-37-40-41-42-43(37)30-11-7-4-8-12-30)48-35(49-33(24)27-15-13-26(22-44)14-16-27)28-17-19-29(20-18-28)38-36(46)39-31(34(45)47-2)21-25-9-5-3-6-10-25/h3-20,24,31-33,35,44H,21-23H2,1-2H3,(H2,38,39,46). The zero-order valence-corrected chi connectivity index (χ0v) is 28.4. The Kier molecular flexibility index (Phi) is 11.5. The van der Waals surface area contributed by atoms with Gasteiger partial charge in [0.15, 0.2) is 6.29 Å². The van der Waals surface area contributed by atoms with Gasteiger partial charge < -0.3 is 30.0 Å². The highest BCUT2D eigenvalue weighted by molar-refractivity contribution is 7.99. The van der Waals surface area contributed by atoms with Gasteiger partial charge in [0.25, 0.3) is 0 Å². The Balaban J connectivity index is 1.16. The average Bonchev–Trinajstić information content (AvgIpc) is 3.64. The van der Waals surface area contributed by atoms with Crippen molar-refractivity contribution in [1.29, 1.82) is 0 Å². The molecule has 0 aliphatic carbocycles. The van der Waals surface area contributed by atoms with E-state index >= 15 is 0 Å². The summed E-state index contributed by atoms with van der Waals surface area (Å²) >= 11 is 1.50. The van der Waals surface area contributed by atoms with Crippen LogP contribution in [0.15, 0.2) is 114 Å². The number of esters is 1. The maximum absolute atomic E-state index is 12.9. The Bertz CT molecular complexity index is 1840. The Labute approximate surface area is 294 Å². The third kappa shape index (κ3) is 8.55. The van der Waals surface area contributed by atoms with Crippen LogP contribution in [-0.2, 0) is 32.0 Å². The molecule has 0 bridgehead atoms. The first-order valence-corrected chi connectivity index (χ1v) is 17.2. The Morgan fingerprint density at radius 1 is 0.900 bits per heavy atom. The van der Waals surface area contributed by atoms with Crippen molar-refractivity contribution in [3.8, 4) is 5.69 Å². The van der Waals surface area contributed by atoms with E-state index in [-0.39, 0.29) is 24.7 Å². The summed E-state index contributed by atoms with van der Waals surface area (Å²) in [5, 5.41) is 28.1. The predicted octanol–water partition coefficient (Wildman–Crippen LogP) is 5.64. The van der Waals surface area contributed by atoms with E-state index in [0.717, 1.165) is 27.9 Å². The van der Waals surface area contributed by atoms with Crippen LogP contribution in [0.5, 0.6) is 0 Å². The molecule has 50 heavy (non-hydrogen) atoms. The summed E-state index contributed by atoms with van der Waals surface area (Å²) in [6.07, 6.45) is -0.965. The molecule has 12 nitrogen and oxygen atoms in total. The van der Waals surface area contributed by atoms with Gasteiger partial charge in [0, 0.05) is 29.3 Å². The van der Waals surface area contributed by atoms with E-state index in [9.17, 15) is 14.7 Å². The largest absolute Gasteiger partial charge is 0.467 e. The van der Waals surface area contributed by atoms with E-state index in [1.54, 1.807) is 16.8 Å². The molecule has 0 saturated carbocycles. The number of tetrazole rings is 1. The van der Waals surface area contributed by atoms with E-state index in [1.165, 1.54) is 18.9 Å². The number of aliphatic hydroxyl groups excluding tert-OH is 1. The summed E-state index contributed by atoms with van der Waals surface area (Å²) in [5.74, 6) is -0.0167. The third-order valence-corrected chi connectivity index (χ3v) is 9.46. The van der Waals surface area contributed by atoms with Gasteiger partial charge >= 0.3 is 12.0 Å². The second-order valence-electron chi connectivity index (χ2n) is 11.8. The fourth-order valence-corrected chi connectivity index (χ4v) is 6.75. The lowest BCUT2D eigenvalue weighted by Crippen LogP contribution is -2.45. The van der Waals surface area contributed by atoms with Crippen molar-refractivity contribution < 1.29 is 28.9 Å². The number of ether oxygens (including phenoxy) is 3. The quantitative estimate of drug-likeness (QED) is 0.111. The smallest absolute Gasteiger partial charge is 0.328 e. The highest BCUT2D eigenvalue weighted by Crippen LogP contribution is 2.43. The normalized spacial score (nSPS) is 19.3. The van der Waals surface area contributed by atoms with Gasteiger partial charge in [-0.2, -0.15) is 4.68 Å². The molecular formula is C37H38N6O6S. The minimum absolute atomic E-state index is 0.0388. The number of amides is 2. The molecule has 2 heterocycles.